The number of anilines is 2. The number of aromatic nitrogens is 1. The van der Waals surface area contributed by atoms with Gasteiger partial charge in [-0.1, -0.05) is 5.16 Å². The molecule has 3 heterocycles. The first kappa shape index (κ1) is 30.5. The lowest BCUT2D eigenvalue weighted by Crippen LogP contribution is -2.49. The fourth-order valence-electron chi connectivity index (χ4n) is 6.56. The number of rotatable bonds is 10. The molecule has 1 unspecified atom stereocenters. The summed E-state index contributed by atoms with van der Waals surface area (Å²) in [5, 5.41) is 13.3. The Kier molecular flexibility index (Phi) is 8.21. The van der Waals surface area contributed by atoms with Gasteiger partial charge in [-0.15, -0.1) is 0 Å². The van der Waals surface area contributed by atoms with Gasteiger partial charge in [-0.25, -0.2) is 8.78 Å². The zero-order valence-corrected chi connectivity index (χ0v) is 25.4. The number of carboxylic acids is 1. The number of methoxy groups -OCH3 is 1. The number of ether oxygens (including phenoxy) is 1. The predicted octanol–water partition coefficient (Wildman–Crippen LogP) is 3.55. The Balaban J connectivity index is 1.26. The second-order valence-electron chi connectivity index (χ2n) is 11.8. The molecular formula is C32H35F2N5O6. The third-order valence-electron chi connectivity index (χ3n) is 8.91. The minimum atomic E-state index is -1.13. The van der Waals surface area contributed by atoms with E-state index in [1.54, 1.807) is 17.2 Å². The maximum absolute atomic E-state index is 16.0. The highest BCUT2D eigenvalue weighted by Crippen LogP contribution is 2.44. The predicted molar refractivity (Wildman–Crippen MR) is 164 cm³/mol. The summed E-state index contributed by atoms with van der Waals surface area (Å²) in [5.74, 6) is -2.32. The lowest BCUT2D eigenvalue weighted by Gasteiger charge is -2.40. The Morgan fingerprint density at radius 2 is 1.93 bits per heavy atom. The normalized spacial score (nSPS) is 19.1. The molecule has 2 aliphatic heterocycles. The molecule has 1 saturated carbocycles. The van der Waals surface area contributed by atoms with Gasteiger partial charge in [0.2, 0.25) is 0 Å². The number of nitrogens with zero attached hydrogens (tertiary/aromatic N) is 5. The van der Waals surface area contributed by atoms with Crippen molar-refractivity contribution < 1.29 is 33.1 Å². The fraction of sp³-hybridized carbons (Fsp3) is 0.438. The number of halogens is 2. The number of carbonyl (C=O) groups is 2. The minimum absolute atomic E-state index is 0.0135. The molecule has 0 radical (unpaired) electrons. The van der Waals surface area contributed by atoms with E-state index in [2.05, 4.69) is 10.1 Å². The Bertz CT molecular complexity index is 1770. The van der Waals surface area contributed by atoms with Crippen molar-refractivity contribution >= 4 is 39.9 Å². The lowest BCUT2D eigenvalue weighted by atomic mass is 10.0. The number of likely N-dealkylation sites (N-methyl/N-ethyl adjacent to an activating group) is 1. The van der Waals surface area contributed by atoms with Crippen LogP contribution in [-0.2, 0) is 20.8 Å². The summed E-state index contributed by atoms with van der Waals surface area (Å²) in [7, 11) is 4.74. The molecule has 13 heteroatoms. The van der Waals surface area contributed by atoms with E-state index in [-0.39, 0.29) is 46.1 Å². The highest BCUT2D eigenvalue weighted by molar-refractivity contribution is 6.54. The second kappa shape index (κ2) is 12.1. The van der Waals surface area contributed by atoms with Crippen LogP contribution < -0.4 is 20.0 Å². The van der Waals surface area contributed by atoms with Gasteiger partial charge in [-0.2, -0.15) is 0 Å². The van der Waals surface area contributed by atoms with Crippen molar-refractivity contribution in [2.75, 3.05) is 57.2 Å². The van der Waals surface area contributed by atoms with Crippen molar-refractivity contribution in [2.24, 2.45) is 5.16 Å². The summed E-state index contributed by atoms with van der Waals surface area (Å²) in [6, 6.07) is 5.44. The molecule has 238 valence electrons. The van der Waals surface area contributed by atoms with Crippen molar-refractivity contribution in [3.63, 3.8) is 0 Å². The van der Waals surface area contributed by atoms with Gasteiger partial charge < -0.3 is 29.0 Å². The van der Waals surface area contributed by atoms with E-state index >= 15 is 4.39 Å². The summed E-state index contributed by atoms with van der Waals surface area (Å²) in [6.45, 7) is 1.87. The van der Waals surface area contributed by atoms with Crippen LogP contribution in [0.1, 0.15) is 42.9 Å². The molecule has 2 aromatic carbocycles. The fourth-order valence-corrected chi connectivity index (χ4v) is 6.56. The summed E-state index contributed by atoms with van der Waals surface area (Å²) in [4.78, 5) is 48.3. The topological polar surface area (TPSA) is 117 Å². The molecule has 45 heavy (non-hydrogen) atoms. The SMILES string of the molecule is CO/N=C1\C(=O)N(CCN(C)C2CCCN(c3c(F)cc4c(=O)c(CC(=O)O)cn(C5CC5)c4c3OC)C2)c2ccc(F)cc21. The monoisotopic (exact) mass is 623 g/mol. The highest BCUT2D eigenvalue weighted by Gasteiger charge is 2.36. The zero-order valence-electron chi connectivity index (χ0n) is 25.4. The number of oxime groups is 1. The van der Waals surface area contributed by atoms with Crippen LogP contribution in [0.25, 0.3) is 10.9 Å². The third-order valence-corrected chi connectivity index (χ3v) is 8.91. The quantitative estimate of drug-likeness (QED) is 0.341. The Labute approximate surface area is 258 Å². The number of hydrogen-bond acceptors (Lipinski definition) is 8. The van der Waals surface area contributed by atoms with E-state index in [1.807, 2.05) is 16.5 Å². The second-order valence-corrected chi connectivity index (χ2v) is 11.8. The molecule has 2 fully saturated rings. The van der Waals surface area contributed by atoms with Crippen LogP contribution in [0.5, 0.6) is 5.75 Å². The van der Waals surface area contributed by atoms with Crippen LogP contribution in [-0.4, -0.2) is 85.6 Å². The van der Waals surface area contributed by atoms with Crippen LogP contribution in [0.3, 0.4) is 0 Å². The van der Waals surface area contributed by atoms with Crippen molar-refractivity contribution in [3.8, 4) is 5.75 Å². The maximum atomic E-state index is 16.0. The Hall–Kier alpha value is -4.52. The largest absolute Gasteiger partial charge is 0.492 e. The van der Waals surface area contributed by atoms with Gasteiger partial charge >= 0.3 is 5.97 Å². The molecule has 1 atom stereocenters. The maximum Gasteiger partial charge on any atom is 0.308 e. The zero-order chi connectivity index (χ0) is 32.0. The van der Waals surface area contributed by atoms with Crippen molar-refractivity contribution in [1.29, 1.82) is 0 Å². The first-order chi connectivity index (χ1) is 21.6. The van der Waals surface area contributed by atoms with Crippen LogP contribution >= 0.6 is 0 Å². The number of carbonyl (C=O) groups excluding carboxylic acids is 1. The number of fused-ring (bicyclic) bond motifs is 2. The third kappa shape index (κ3) is 5.60. The Morgan fingerprint density at radius 3 is 2.62 bits per heavy atom. The molecule has 1 aromatic heterocycles. The van der Waals surface area contributed by atoms with Crippen molar-refractivity contribution in [3.05, 3.63) is 63.4 Å². The van der Waals surface area contributed by atoms with E-state index in [9.17, 15) is 23.9 Å². The molecule has 3 aromatic rings. The number of piperidine rings is 1. The number of aliphatic carboxylic acids is 1. The van der Waals surface area contributed by atoms with E-state index in [0.717, 1.165) is 25.7 Å². The standard InChI is InChI=1S/C32H35F2N5O6/c1-36(11-12-38-25-9-6-19(33)14-22(25)27(32(38)43)35-45-3)21-5-4-10-37(17-21)29-24(34)15-23-28(31(29)44-2)39(20-7-8-20)16-18(30(23)42)13-26(40)41/h6,9,14-16,20-21H,4-5,7-8,10-13,17H2,1-3H3,(H,40,41)/b35-27-. The molecule has 1 saturated heterocycles. The molecule has 11 nitrogen and oxygen atoms in total. The van der Waals surface area contributed by atoms with Gasteiger partial charge in [0, 0.05) is 55.6 Å². The first-order valence-electron chi connectivity index (χ1n) is 15.0. The minimum Gasteiger partial charge on any atom is -0.492 e. The molecule has 1 N–H and O–H groups in total. The van der Waals surface area contributed by atoms with E-state index in [1.165, 1.54) is 32.4 Å². The van der Waals surface area contributed by atoms with Gasteiger partial charge in [0.25, 0.3) is 5.91 Å². The van der Waals surface area contributed by atoms with Gasteiger partial charge in [0.05, 0.1) is 30.1 Å². The van der Waals surface area contributed by atoms with E-state index in [4.69, 9.17) is 9.57 Å². The van der Waals surface area contributed by atoms with Crippen LogP contribution in [0.4, 0.5) is 20.2 Å². The molecule has 0 bridgehead atoms. The van der Waals surface area contributed by atoms with Gasteiger partial charge in [0.1, 0.15) is 18.6 Å². The molecule has 1 aliphatic carbocycles. The summed E-state index contributed by atoms with van der Waals surface area (Å²) >= 11 is 0. The van der Waals surface area contributed by atoms with E-state index in [0.29, 0.717) is 42.9 Å². The number of benzene rings is 2. The summed E-state index contributed by atoms with van der Waals surface area (Å²) < 4.78 is 37.6. The molecule has 1 amide bonds. The van der Waals surface area contributed by atoms with Crippen molar-refractivity contribution in [2.45, 2.75) is 44.2 Å². The lowest BCUT2D eigenvalue weighted by molar-refractivity contribution is -0.136. The number of carboxylic acid groups (broad SMARTS) is 1. The number of hydrogen-bond donors (Lipinski definition) is 1. The van der Waals surface area contributed by atoms with Crippen molar-refractivity contribution in [1.82, 2.24) is 9.47 Å². The van der Waals surface area contributed by atoms with Crippen LogP contribution in [0, 0.1) is 11.6 Å². The highest BCUT2D eigenvalue weighted by atomic mass is 19.1. The number of amides is 1. The molecule has 0 spiro atoms. The Morgan fingerprint density at radius 1 is 1.16 bits per heavy atom. The average Bonchev–Trinajstić information content (AvgIpc) is 3.83. The van der Waals surface area contributed by atoms with Gasteiger partial charge in [0.15, 0.2) is 22.7 Å². The van der Waals surface area contributed by atoms with Crippen LogP contribution in [0.2, 0.25) is 0 Å². The smallest absolute Gasteiger partial charge is 0.308 e. The van der Waals surface area contributed by atoms with E-state index < -0.39 is 29.5 Å². The summed E-state index contributed by atoms with van der Waals surface area (Å²) in [5.41, 5.74) is 1.34. The summed E-state index contributed by atoms with van der Waals surface area (Å²) in [6.07, 6.45) is 4.51. The number of pyridine rings is 1. The average molecular weight is 624 g/mol. The molecule has 6 rings (SSSR count). The molecule has 3 aliphatic rings. The first-order valence-corrected chi connectivity index (χ1v) is 15.0. The van der Waals surface area contributed by atoms with Crippen LogP contribution in [0.15, 0.2) is 40.4 Å². The van der Waals surface area contributed by atoms with Gasteiger partial charge in [-0.3, -0.25) is 19.3 Å². The molecular weight excluding hydrogens is 588 g/mol. The van der Waals surface area contributed by atoms with Gasteiger partial charge in [-0.05, 0) is 57.0 Å².